The highest BCUT2D eigenvalue weighted by Crippen LogP contribution is 2.15. The van der Waals surface area contributed by atoms with Crippen LogP contribution in [0.3, 0.4) is 0 Å². The first kappa shape index (κ1) is 18.0. The normalized spacial score (nSPS) is 10.8. The molecular formula is C17H30N2O2. The van der Waals surface area contributed by atoms with Crippen molar-refractivity contribution in [3.63, 3.8) is 0 Å². The molecule has 1 rings (SSSR count). The van der Waals surface area contributed by atoms with E-state index in [2.05, 4.69) is 41.4 Å². The van der Waals surface area contributed by atoms with Gasteiger partial charge >= 0.3 is 0 Å². The van der Waals surface area contributed by atoms with Gasteiger partial charge in [0.25, 0.3) is 0 Å². The maximum absolute atomic E-state index is 5.48. The Morgan fingerprint density at radius 1 is 0.905 bits per heavy atom. The lowest BCUT2D eigenvalue weighted by molar-refractivity contribution is 0.141. The Labute approximate surface area is 129 Å². The molecule has 0 radical (unpaired) electrons. The van der Waals surface area contributed by atoms with E-state index in [9.17, 15) is 0 Å². The van der Waals surface area contributed by atoms with Gasteiger partial charge in [-0.2, -0.15) is 0 Å². The van der Waals surface area contributed by atoms with Crippen LogP contribution in [0.5, 0.6) is 0 Å². The van der Waals surface area contributed by atoms with Crippen LogP contribution >= 0.6 is 0 Å². The maximum Gasteiger partial charge on any atom is 0.0641 e. The summed E-state index contributed by atoms with van der Waals surface area (Å²) in [5.41, 5.74) is 2.55. The summed E-state index contributed by atoms with van der Waals surface area (Å²) in [6.45, 7) is 12.9. The van der Waals surface area contributed by atoms with Crippen LogP contribution in [0.1, 0.15) is 26.3 Å². The molecule has 0 aliphatic heterocycles. The van der Waals surface area contributed by atoms with Gasteiger partial charge in [0.2, 0.25) is 0 Å². The summed E-state index contributed by atoms with van der Waals surface area (Å²) >= 11 is 0. The molecule has 0 amide bonds. The number of hydrogen-bond donors (Lipinski definition) is 1. The molecule has 21 heavy (non-hydrogen) atoms. The molecule has 0 saturated carbocycles. The molecule has 0 aliphatic carbocycles. The van der Waals surface area contributed by atoms with Crippen molar-refractivity contribution >= 4 is 5.69 Å². The summed E-state index contributed by atoms with van der Waals surface area (Å²) in [6, 6.07) is 8.74. The molecule has 0 unspecified atom stereocenters. The summed E-state index contributed by atoms with van der Waals surface area (Å²) in [5.74, 6) is 0. The van der Waals surface area contributed by atoms with E-state index < -0.39 is 0 Å². The smallest absolute Gasteiger partial charge is 0.0641 e. The average molecular weight is 294 g/mol. The number of hydrogen-bond acceptors (Lipinski definition) is 4. The van der Waals surface area contributed by atoms with E-state index in [4.69, 9.17) is 9.47 Å². The topological polar surface area (TPSA) is 33.7 Å². The molecular weight excluding hydrogens is 264 g/mol. The fourth-order valence-electron chi connectivity index (χ4n) is 2.10. The monoisotopic (exact) mass is 294 g/mol. The number of nitrogens with zero attached hydrogens (tertiary/aromatic N) is 1. The zero-order chi connectivity index (χ0) is 15.3. The highest BCUT2D eigenvalue weighted by atomic mass is 16.5. The molecule has 1 aromatic rings. The average Bonchev–Trinajstić information content (AvgIpc) is 2.52. The molecule has 0 atom stereocenters. The predicted octanol–water partition coefficient (Wildman–Crippen LogP) is 2.68. The van der Waals surface area contributed by atoms with E-state index in [1.807, 2.05) is 13.8 Å². The Morgan fingerprint density at radius 3 is 1.95 bits per heavy atom. The van der Waals surface area contributed by atoms with Crippen molar-refractivity contribution in [2.75, 3.05) is 51.0 Å². The standard InChI is InChI=1S/C17H30N2O2/c1-4-18-15-16-7-9-17(10-8-16)19(11-13-20-5-2)12-14-21-6-3/h7-10,18H,4-6,11-15H2,1-3H3. The minimum atomic E-state index is 0.752. The lowest BCUT2D eigenvalue weighted by Gasteiger charge is -2.25. The molecule has 120 valence electrons. The van der Waals surface area contributed by atoms with Crippen molar-refractivity contribution in [2.45, 2.75) is 27.3 Å². The minimum Gasteiger partial charge on any atom is -0.380 e. The van der Waals surface area contributed by atoms with Gasteiger partial charge in [0.15, 0.2) is 0 Å². The van der Waals surface area contributed by atoms with Crippen molar-refractivity contribution in [1.82, 2.24) is 5.32 Å². The van der Waals surface area contributed by atoms with Crippen LogP contribution in [0.25, 0.3) is 0 Å². The van der Waals surface area contributed by atoms with Gasteiger partial charge < -0.3 is 19.7 Å². The van der Waals surface area contributed by atoms with Crippen LogP contribution in [-0.4, -0.2) is 46.1 Å². The van der Waals surface area contributed by atoms with Crippen molar-refractivity contribution in [1.29, 1.82) is 0 Å². The van der Waals surface area contributed by atoms with E-state index >= 15 is 0 Å². The Balaban J connectivity index is 2.57. The highest BCUT2D eigenvalue weighted by Gasteiger charge is 2.06. The summed E-state index contributed by atoms with van der Waals surface area (Å²) in [5, 5.41) is 3.34. The molecule has 0 spiro atoms. The SMILES string of the molecule is CCNCc1ccc(N(CCOCC)CCOCC)cc1. The summed E-state index contributed by atoms with van der Waals surface area (Å²) in [7, 11) is 0. The number of rotatable bonds is 12. The van der Waals surface area contributed by atoms with E-state index in [0.717, 1.165) is 52.6 Å². The second-order valence-corrected chi connectivity index (χ2v) is 4.83. The van der Waals surface area contributed by atoms with Gasteiger partial charge in [0.05, 0.1) is 13.2 Å². The first-order chi connectivity index (χ1) is 10.3. The Hall–Kier alpha value is -1.10. The van der Waals surface area contributed by atoms with Crippen LogP contribution in [-0.2, 0) is 16.0 Å². The molecule has 1 N–H and O–H groups in total. The van der Waals surface area contributed by atoms with Crippen LogP contribution < -0.4 is 10.2 Å². The lowest BCUT2D eigenvalue weighted by atomic mass is 10.2. The number of nitrogens with one attached hydrogen (secondary N) is 1. The van der Waals surface area contributed by atoms with Gasteiger partial charge in [0.1, 0.15) is 0 Å². The molecule has 1 aromatic carbocycles. The van der Waals surface area contributed by atoms with E-state index in [0.29, 0.717) is 0 Å². The molecule has 0 saturated heterocycles. The van der Waals surface area contributed by atoms with Gasteiger partial charge in [-0.1, -0.05) is 19.1 Å². The molecule has 0 heterocycles. The van der Waals surface area contributed by atoms with Gasteiger partial charge in [-0.25, -0.2) is 0 Å². The minimum absolute atomic E-state index is 0.752. The van der Waals surface area contributed by atoms with Crippen LogP contribution in [0, 0.1) is 0 Å². The van der Waals surface area contributed by atoms with Crippen LogP contribution in [0.15, 0.2) is 24.3 Å². The summed E-state index contributed by atoms with van der Waals surface area (Å²) < 4.78 is 11.0. The third kappa shape index (κ3) is 7.46. The fourth-order valence-corrected chi connectivity index (χ4v) is 2.10. The third-order valence-electron chi connectivity index (χ3n) is 3.30. The largest absolute Gasteiger partial charge is 0.380 e. The van der Waals surface area contributed by atoms with Gasteiger partial charge in [0, 0.05) is 38.5 Å². The third-order valence-corrected chi connectivity index (χ3v) is 3.30. The number of ether oxygens (including phenoxy) is 2. The van der Waals surface area contributed by atoms with Crippen LogP contribution in [0.2, 0.25) is 0 Å². The van der Waals surface area contributed by atoms with Crippen molar-refractivity contribution in [3.8, 4) is 0 Å². The van der Waals surface area contributed by atoms with Crippen LogP contribution in [0.4, 0.5) is 5.69 Å². The van der Waals surface area contributed by atoms with E-state index in [1.165, 1.54) is 11.3 Å². The number of benzene rings is 1. The molecule has 0 fully saturated rings. The second kappa shape index (κ2) is 11.5. The van der Waals surface area contributed by atoms with Crippen molar-refractivity contribution < 1.29 is 9.47 Å². The summed E-state index contributed by atoms with van der Waals surface area (Å²) in [4.78, 5) is 2.32. The van der Waals surface area contributed by atoms with Gasteiger partial charge in [-0.3, -0.25) is 0 Å². The van der Waals surface area contributed by atoms with Crippen molar-refractivity contribution in [2.24, 2.45) is 0 Å². The predicted molar refractivity (Wildman–Crippen MR) is 89.0 cm³/mol. The molecule has 0 bridgehead atoms. The Morgan fingerprint density at radius 2 is 1.48 bits per heavy atom. The quantitative estimate of drug-likeness (QED) is 0.601. The van der Waals surface area contributed by atoms with Crippen molar-refractivity contribution in [3.05, 3.63) is 29.8 Å². The Kier molecular flexibility index (Phi) is 9.87. The summed E-state index contributed by atoms with van der Waals surface area (Å²) in [6.07, 6.45) is 0. The molecule has 0 aliphatic rings. The molecule has 4 heteroatoms. The zero-order valence-electron chi connectivity index (χ0n) is 13.7. The molecule has 0 aromatic heterocycles. The van der Waals surface area contributed by atoms with E-state index in [-0.39, 0.29) is 0 Å². The fraction of sp³-hybridized carbons (Fsp3) is 0.647. The van der Waals surface area contributed by atoms with Gasteiger partial charge in [-0.15, -0.1) is 0 Å². The number of anilines is 1. The zero-order valence-corrected chi connectivity index (χ0v) is 13.7. The maximum atomic E-state index is 5.48. The first-order valence-corrected chi connectivity index (χ1v) is 8.01. The highest BCUT2D eigenvalue weighted by molar-refractivity contribution is 5.47. The second-order valence-electron chi connectivity index (χ2n) is 4.83. The van der Waals surface area contributed by atoms with E-state index in [1.54, 1.807) is 0 Å². The Bertz CT molecular complexity index is 344. The van der Waals surface area contributed by atoms with Gasteiger partial charge in [-0.05, 0) is 38.1 Å². The molecule has 4 nitrogen and oxygen atoms in total. The first-order valence-electron chi connectivity index (χ1n) is 8.01. The lowest BCUT2D eigenvalue weighted by Crippen LogP contribution is -2.31.